The molecule has 8 nitrogen and oxygen atoms in total. The van der Waals surface area contributed by atoms with E-state index in [0.29, 0.717) is 51.6 Å². The molecule has 0 saturated carbocycles. The third kappa shape index (κ3) is 6.78. The van der Waals surface area contributed by atoms with Gasteiger partial charge in [-0.2, -0.15) is 4.98 Å². The van der Waals surface area contributed by atoms with Gasteiger partial charge in [0.2, 0.25) is 11.1 Å². The van der Waals surface area contributed by atoms with Gasteiger partial charge in [0, 0.05) is 11.4 Å². The summed E-state index contributed by atoms with van der Waals surface area (Å²) in [6, 6.07) is 11.5. The lowest BCUT2D eigenvalue weighted by Crippen LogP contribution is -2.30. The van der Waals surface area contributed by atoms with Crippen LogP contribution in [0.5, 0.6) is 11.5 Å². The minimum Gasteiger partial charge on any atom is -0.490 e. The van der Waals surface area contributed by atoms with Crippen molar-refractivity contribution in [1.29, 1.82) is 0 Å². The highest BCUT2D eigenvalue weighted by Gasteiger charge is 2.36. The van der Waals surface area contributed by atoms with Gasteiger partial charge in [-0.1, -0.05) is 48.5 Å². The molecule has 2 heterocycles. The fourth-order valence-corrected chi connectivity index (χ4v) is 5.60. The lowest BCUT2D eigenvalue weighted by atomic mass is 9.95. The Morgan fingerprint density at radius 2 is 1.97 bits per heavy atom. The van der Waals surface area contributed by atoms with Crippen LogP contribution in [0, 0.1) is 6.92 Å². The Kier molecular flexibility index (Phi) is 9.61. The van der Waals surface area contributed by atoms with Crippen molar-refractivity contribution in [2.75, 3.05) is 17.7 Å². The van der Waals surface area contributed by atoms with Gasteiger partial charge in [0.25, 0.3) is 0 Å². The van der Waals surface area contributed by atoms with Crippen molar-refractivity contribution in [3.63, 3.8) is 0 Å². The van der Waals surface area contributed by atoms with Crippen LogP contribution >= 0.6 is 27.7 Å². The molecule has 0 amide bonds. The Balaban J connectivity index is 1.78. The number of benzene rings is 2. The highest BCUT2D eigenvalue weighted by Crippen LogP contribution is 2.43. The summed E-state index contributed by atoms with van der Waals surface area (Å²) in [5.74, 6) is 2.24. The average molecular weight is 616 g/mol. The van der Waals surface area contributed by atoms with Crippen LogP contribution in [0.2, 0.25) is 0 Å². The summed E-state index contributed by atoms with van der Waals surface area (Å²) in [6.45, 7) is 12.5. The molecule has 1 aliphatic heterocycles. The number of nitrogens with zero attached hydrogens (tertiary/aromatic N) is 3. The minimum atomic E-state index is -0.572. The van der Waals surface area contributed by atoms with E-state index in [1.807, 2.05) is 52.0 Å². The molecule has 1 atom stereocenters. The third-order valence-corrected chi connectivity index (χ3v) is 7.58. The minimum absolute atomic E-state index is 0.269. The first kappa shape index (κ1) is 29.0. The van der Waals surface area contributed by atoms with Crippen molar-refractivity contribution >= 4 is 39.6 Å². The summed E-state index contributed by atoms with van der Waals surface area (Å²) in [6.07, 6.45) is 0.734. The van der Waals surface area contributed by atoms with E-state index >= 15 is 0 Å². The smallest absolute Gasteiger partial charge is 0.338 e. The Bertz CT molecular complexity index is 1370. The summed E-state index contributed by atoms with van der Waals surface area (Å²) < 4.78 is 20.4. The monoisotopic (exact) mass is 614 g/mol. The Morgan fingerprint density at radius 3 is 2.67 bits per heavy atom. The second kappa shape index (κ2) is 12.9. The Morgan fingerprint density at radius 1 is 1.18 bits per heavy atom. The maximum Gasteiger partial charge on any atom is 0.338 e. The van der Waals surface area contributed by atoms with Crippen LogP contribution < -0.4 is 14.8 Å². The molecule has 208 valence electrons. The van der Waals surface area contributed by atoms with Gasteiger partial charge in [0.15, 0.2) is 11.5 Å². The van der Waals surface area contributed by atoms with Crippen LogP contribution in [0.15, 0.2) is 57.3 Å². The van der Waals surface area contributed by atoms with E-state index in [9.17, 15) is 4.79 Å². The number of carbonyl (C=O) groups excluding carboxylic acids is 1. The van der Waals surface area contributed by atoms with E-state index in [0.717, 1.165) is 23.3 Å². The molecule has 3 aromatic rings. The van der Waals surface area contributed by atoms with Crippen LogP contribution in [-0.2, 0) is 16.1 Å². The highest BCUT2D eigenvalue weighted by atomic mass is 79.9. The number of fused-ring (bicyclic) bond motifs is 1. The average Bonchev–Trinajstić information content (AvgIpc) is 3.28. The molecular formula is C29H35BrN4O4S. The van der Waals surface area contributed by atoms with Crippen LogP contribution in [0.1, 0.15) is 63.8 Å². The number of anilines is 1. The zero-order chi connectivity index (χ0) is 28.1. The second-order valence-electron chi connectivity index (χ2n) is 9.57. The van der Waals surface area contributed by atoms with Gasteiger partial charge in [0.1, 0.15) is 12.6 Å². The first-order valence-corrected chi connectivity index (χ1v) is 14.9. The number of aromatic nitrogens is 3. The van der Waals surface area contributed by atoms with Gasteiger partial charge in [-0.25, -0.2) is 9.48 Å². The van der Waals surface area contributed by atoms with Gasteiger partial charge in [0.05, 0.1) is 22.8 Å². The molecule has 2 aromatic carbocycles. The lowest BCUT2D eigenvalue weighted by Gasteiger charge is -2.29. The number of ether oxygens (including phenoxy) is 3. The predicted octanol–water partition coefficient (Wildman–Crippen LogP) is 7.07. The van der Waals surface area contributed by atoms with Crippen LogP contribution in [0.25, 0.3) is 0 Å². The van der Waals surface area contributed by atoms with Crippen LogP contribution in [0.4, 0.5) is 5.95 Å². The SMILES string of the molecule is CCCSc1nc2n(n1)C(c1cc(Br)c(OCc3cccc(C)c3)c(OCC)c1)C(C(=O)OC(C)C)=C(C)N2. The molecule has 10 heteroatoms. The topological polar surface area (TPSA) is 87.5 Å². The number of thioether (sulfide) groups is 1. The van der Waals surface area contributed by atoms with E-state index in [4.69, 9.17) is 19.3 Å². The molecule has 0 radical (unpaired) electrons. The molecule has 1 aromatic heterocycles. The van der Waals surface area contributed by atoms with Crippen molar-refractivity contribution in [3.05, 3.63) is 68.8 Å². The highest BCUT2D eigenvalue weighted by molar-refractivity contribution is 9.10. The first-order chi connectivity index (χ1) is 18.7. The molecule has 0 spiro atoms. The van der Waals surface area contributed by atoms with Gasteiger partial charge in [-0.3, -0.25) is 0 Å². The van der Waals surface area contributed by atoms with E-state index in [1.165, 1.54) is 5.56 Å². The quantitative estimate of drug-likeness (QED) is 0.181. The van der Waals surface area contributed by atoms with Gasteiger partial charge >= 0.3 is 5.97 Å². The molecule has 0 saturated heterocycles. The summed E-state index contributed by atoms with van der Waals surface area (Å²) in [5.41, 5.74) is 4.17. The lowest BCUT2D eigenvalue weighted by molar-refractivity contribution is -0.143. The van der Waals surface area contributed by atoms with E-state index < -0.39 is 12.0 Å². The predicted molar refractivity (Wildman–Crippen MR) is 158 cm³/mol. The normalized spacial score (nSPS) is 14.7. The van der Waals surface area contributed by atoms with Gasteiger partial charge in [-0.05, 0) is 80.2 Å². The molecule has 4 rings (SSSR count). The van der Waals surface area contributed by atoms with Gasteiger partial charge < -0.3 is 19.5 Å². The molecule has 1 N–H and O–H groups in total. The van der Waals surface area contributed by atoms with E-state index in [1.54, 1.807) is 16.4 Å². The number of hydrogen-bond donors (Lipinski definition) is 1. The van der Waals surface area contributed by atoms with E-state index in [-0.39, 0.29) is 6.10 Å². The number of carbonyl (C=O) groups is 1. The van der Waals surface area contributed by atoms with Gasteiger partial charge in [-0.15, -0.1) is 5.10 Å². The van der Waals surface area contributed by atoms with Crippen molar-refractivity contribution < 1.29 is 19.0 Å². The summed E-state index contributed by atoms with van der Waals surface area (Å²) in [4.78, 5) is 18.1. The van der Waals surface area contributed by atoms with Crippen LogP contribution in [-0.4, -0.2) is 39.2 Å². The number of esters is 1. The number of hydrogen-bond acceptors (Lipinski definition) is 8. The number of aryl methyl sites for hydroxylation is 1. The summed E-state index contributed by atoms with van der Waals surface area (Å²) in [7, 11) is 0. The second-order valence-corrected chi connectivity index (χ2v) is 11.5. The third-order valence-electron chi connectivity index (χ3n) is 5.94. The molecule has 39 heavy (non-hydrogen) atoms. The number of nitrogens with one attached hydrogen (secondary N) is 1. The fraction of sp³-hybridized carbons (Fsp3) is 0.414. The summed E-state index contributed by atoms with van der Waals surface area (Å²) >= 11 is 5.30. The molecule has 0 fully saturated rings. The zero-order valence-corrected chi connectivity index (χ0v) is 25.6. The van der Waals surface area contributed by atoms with Crippen molar-refractivity contribution in [2.24, 2.45) is 0 Å². The maximum atomic E-state index is 13.4. The molecule has 1 unspecified atom stereocenters. The largest absolute Gasteiger partial charge is 0.490 e. The molecular weight excluding hydrogens is 580 g/mol. The number of halogens is 1. The van der Waals surface area contributed by atoms with E-state index in [2.05, 4.69) is 52.2 Å². The Hall–Kier alpha value is -2.98. The van der Waals surface area contributed by atoms with Crippen molar-refractivity contribution in [1.82, 2.24) is 14.8 Å². The summed E-state index contributed by atoms with van der Waals surface area (Å²) in [5, 5.41) is 8.69. The molecule has 0 aliphatic carbocycles. The first-order valence-electron chi connectivity index (χ1n) is 13.1. The maximum absolute atomic E-state index is 13.4. The van der Waals surface area contributed by atoms with Crippen molar-refractivity contribution in [2.45, 2.75) is 71.9 Å². The van der Waals surface area contributed by atoms with Crippen LogP contribution in [0.3, 0.4) is 0 Å². The number of rotatable bonds is 11. The number of allylic oxidation sites excluding steroid dienone is 1. The zero-order valence-electron chi connectivity index (χ0n) is 23.2. The fourth-order valence-electron chi connectivity index (χ4n) is 4.34. The van der Waals surface area contributed by atoms with Crippen molar-refractivity contribution in [3.8, 4) is 11.5 Å². The standard InChI is InChI=1S/C29H35BrN4O4S/c1-7-12-39-29-32-28-31-19(6)24(27(35)38-17(3)4)25(34(28)33-29)21-14-22(30)26(23(15-21)36-8-2)37-16-20-11-9-10-18(5)13-20/h9-11,13-15,17,25H,7-8,12,16H2,1-6H3,(H,31,32,33). The molecule has 1 aliphatic rings. The molecule has 0 bridgehead atoms. The Labute approximate surface area is 242 Å².